The van der Waals surface area contributed by atoms with Gasteiger partial charge in [-0.2, -0.15) is 0 Å². The van der Waals surface area contributed by atoms with Crippen LogP contribution in [-0.2, 0) is 28.6 Å². The highest BCUT2D eigenvalue weighted by Gasteiger charge is 2.19. The van der Waals surface area contributed by atoms with Crippen LogP contribution in [0.5, 0.6) is 0 Å². The standard InChI is InChI=1S/C55H98O6/c1-4-7-10-13-16-19-22-25-27-30-32-35-38-41-44-47-53(56)59-50-52(61-55(58)49-46-43-40-37-34-29-24-21-18-15-12-9-6-3)51-60-54(57)48-45-42-39-36-33-31-28-26-23-20-17-14-11-8-5-2/h7,10,16,19-20,23,25,27,52H,4-6,8-9,11-15,17-18,21-22,24,26,28-51H2,1-3H3/b10-7-,19-16-,23-20-,27-25-/t52-/m0/s1. The Hall–Kier alpha value is -2.63. The summed E-state index contributed by atoms with van der Waals surface area (Å²) in [4.78, 5) is 38.0. The number of allylic oxidation sites excluding steroid dienone is 8. The number of carbonyl (C=O) groups is 3. The zero-order valence-corrected chi connectivity index (χ0v) is 40.4. The number of esters is 3. The summed E-state index contributed by atoms with van der Waals surface area (Å²) >= 11 is 0. The van der Waals surface area contributed by atoms with Crippen molar-refractivity contribution >= 4 is 17.9 Å². The molecule has 0 saturated carbocycles. The fourth-order valence-corrected chi connectivity index (χ4v) is 7.39. The Morgan fingerprint density at radius 1 is 0.344 bits per heavy atom. The van der Waals surface area contributed by atoms with Crippen LogP contribution in [0.15, 0.2) is 48.6 Å². The van der Waals surface area contributed by atoms with Crippen LogP contribution >= 0.6 is 0 Å². The molecule has 0 bridgehead atoms. The van der Waals surface area contributed by atoms with E-state index < -0.39 is 6.10 Å². The molecular weight excluding hydrogens is 757 g/mol. The Bertz CT molecular complexity index is 1070. The summed E-state index contributed by atoms with van der Waals surface area (Å²) in [5.74, 6) is -0.891. The van der Waals surface area contributed by atoms with Crippen LogP contribution in [0.2, 0.25) is 0 Å². The lowest BCUT2D eigenvalue weighted by molar-refractivity contribution is -0.167. The maximum atomic E-state index is 12.8. The van der Waals surface area contributed by atoms with Crippen LogP contribution in [-0.4, -0.2) is 37.2 Å². The molecule has 0 heterocycles. The molecule has 0 aliphatic heterocycles. The molecule has 0 aromatic heterocycles. The van der Waals surface area contributed by atoms with Crippen LogP contribution in [0.1, 0.15) is 265 Å². The van der Waals surface area contributed by atoms with Gasteiger partial charge in [-0.05, 0) is 77.0 Å². The molecule has 0 aliphatic carbocycles. The molecule has 1 atom stereocenters. The Labute approximate surface area is 378 Å². The highest BCUT2D eigenvalue weighted by atomic mass is 16.6. The van der Waals surface area contributed by atoms with Gasteiger partial charge in [-0.15, -0.1) is 0 Å². The lowest BCUT2D eigenvalue weighted by Gasteiger charge is -2.18. The third-order valence-corrected chi connectivity index (χ3v) is 11.3. The zero-order valence-electron chi connectivity index (χ0n) is 40.4. The van der Waals surface area contributed by atoms with Crippen LogP contribution in [0.4, 0.5) is 0 Å². The van der Waals surface area contributed by atoms with E-state index in [0.717, 1.165) is 96.3 Å². The van der Waals surface area contributed by atoms with E-state index >= 15 is 0 Å². The molecule has 0 saturated heterocycles. The Morgan fingerprint density at radius 2 is 0.639 bits per heavy atom. The van der Waals surface area contributed by atoms with Crippen molar-refractivity contribution in [3.8, 4) is 0 Å². The number of ether oxygens (including phenoxy) is 3. The van der Waals surface area contributed by atoms with Gasteiger partial charge in [0.15, 0.2) is 6.10 Å². The Morgan fingerprint density at radius 3 is 1.03 bits per heavy atom. The van der Waals surface area contributed by atoms with Gasteiger partial charge in [0, 0.05) is 19.3 Å². The summed E-state index contributed by atoms with van der Waals surface area (Å²) < 4.78 is 16.8. The van der Waals surface area contributed by atoms with Crippen molar-refractivity contribution in [1.29, 1.82) is 0 Å². The van der Waals surface area contributed by atoms with Crippen molar-refractivity contribution in [2.75, 3.05) is 13.2 Å². The maximum absolute atomic E-state index is 12.8. The summed E-state index contributed by atoms with van der Waals surface area (Å²) in [6, 6.07) is 0. The second-order valence-electron chi connectivity index (χ2n) is 17.4. The van der Waals surface area contributed by atoms with Crippen molar-refractivity contribution in [2.45, 2.75) is 271 Å². The van der Waals surface area contributed by atoms with Gasteiger partial charge in [0.25, 0.3) is 0 Å². The first kappa shape index (κ1) is 58.4. The average molecular weight is 855 g/mol. The van der Waals surface area contributed by atoms with Gasteiger partial charge in [-0.1, -0.05) is 217 Å². The summed E-state index contributed by atoms with van der Waals surface area (Å²) in [5, 5.41) is 0. The fraction of sp³-hybridized carbons (Fsp3) is 0.800. The molecule has 0 aliphatic rings. The smallest absolute Gasteiger partial charge is 0.306 e. The molecule has 354 valence electrons. The topological polar surface area (TPSA) is 78.9 Å². The molecule has 0 aromatic rings. The highest BCUT2D eigenvalue weighted by molar-refractivity contribution is 5.71. The van der Waals surface area contributed by atoms with Crippen molar-refractivity contribution in [3.63, 3.8) is 0 Å². The number of rotatable bonds is 47. The van der Waals surface area contributed by atoms with E-state index in [9.17, 15) is 14.4 Å². The van der Waals surface area contributed by atoms with Crippen molar-refractivity contribution in [1.82, 2.24) is 0 Å². The fourth-order valence-electron chi connectivity index (χ4n) is 7.39. The lowest BCUT2D eigenvalue weighted by Crippen LogP contribution is -2.30. The quantitative estimate of drug-likeness (QED) is 0.0263. The summed E-state index contributed by atoms with van der Waals surface area (Å²) in [5.41, 5.74) is 0. The minimum atomic E-state index is -0.778. The number of unbranched alkanes of at least 4 members (excludes halogenated alkanes) is 28. The van der Waals surface area contributed by atoms with Gasteiger partial charge >= 0.3 is 17.9 Å². The van der Waals surface area contributed by atoms with Gasteiger partial charge < -0.3 is 14.2 Å². The molecular formula is C55H98O6. The molecule has 6 nitrogen and oxygen atoms in total. The monoisotopic (exact) mass is 855 g/mol. The Balaban J connectivity index is 4.38. The third-order valence-electron chi connectivity index (χ3n) is 11.3. The molecule has 0 aromatic carbocycles. The Kier molecular flexibility index (Phi) is 47.9. The molecule has 0 N–H and O–H groups in total. The first-order valence-electron chi connectivity index (χ1n) is 26.1. The van der Waals surface area contributed by atoms with Gasteiger partial charge in [0.2, 0.25) is 0 Å². The van der Waals surface area contributed by atoms with Crippen LogP contribution < -0.4 is 0 Å². The van der Waals surface area contributed by atoms with E-state index in [1.54, 1.807) is 0 Å². The van der Waals surface area contributed by atoms with E-state index in [1.807, 2.05) is 0 Å². The normalized spacial score (nSPS) is 12.4. The number of hydrogen-bond donors (Lipinski definition) is 0. The summed E-state index contributed by atoms with van der Waals surface area (Å²) in [6.45, 7) is 6.51. The molecule has 0 rings (SSSR count). The van der Waals surface area contributed by atoms with E-state index in [0.29, 0.717) is 19.3 Å². The van der Waals surface area contributed by atoms with E-state index in [-0.39, 0.29) is 31.1 Å². The van der Waals surface area contributed by atoms with Crippen molar-refractivity contribution in [3.05, 3.63) is 48.6 Å². The SMILES string of the molecule is CC/C=C\C/C=C\C/C=C\CCCCCCCC(=O)OC[C@@H](COC(=O)CCCCCCCCC/C=C\CCCCCC)OC(=O)CCCCCCCCCCCCCCC. The first-order valence-corrected chi connectivity index (χ1v) is 26.1. The van der Waals surface area contributed by atoms with Crippen LogP contribution in [0.25, 0.3) is 0 Å². The summed E-state index contributed by atoms with van der Waals surface area (Å²) in [6.07, 6.45) is 59.4. The molecule has 61 heavy (non-hydrogen) atoms. The van der Waals surface area contributed by atoms with Gasteiger partial charge in [0.1, 0.15) is 13.2 Å². The average Bonchev–Trinajstić information content (AvgIpc) is 3.26. The minimum Gasteiger partial charge on any atom is -0.462 e. The maximum Gasteiger partial charge on any atom is 0.306 e. The predicted octanol–water partition coefficient (Wildman–Crippen LogP) is 17.1. The zero-order chi connectivity index (χ0) is 44.4. The molecule has 6 heteroatoms. The third kappa shape index (κ3) is 48.3. The van der Waals surface area contributed by atoms with Crippen molar-refractivity contribution < 1.29 is 28.6 Å². The highest BCUT2D eigenvalue weighted by Crippen LogP contribution is 2.15. The minimum absolute atomic E-state index is 0.0787. The molecule has 0 spiro atoms. The van der Waals surface area contributed by atoms with Crippen LogP contribution in [0.3, 0.4) is 0 Å². The molecule has 0 amide bonds. The molecule has 0 radical (unpaired) electrons. The number of hydrogen-bond acceptors (Lipinski definition) is 6. The summed E-state index contributed by atoms with van der Waals surface area (Å²) in [7, 11) is 0. The van der Waals surface area contributed by atoms with Crippen LogP contribution in [0, 0.1) is 0 Å². The second kappa shape index (κ2) is 50.0. The predicted molar refractivity (Wildman–Crippen MR) is 261 cm³/mol. The second-order valence-corrected chi connectivity index (χ2v) is 17.4. The van der Waals surface area contributed by atoms with Gasteiger partial charge in [-0.3, -0.25) is 14.4 Å². The van der Waals surface area contributed by atoms with Crippen molar-refractivity contribution in [2.24, 2.45) is 0 Å². The largest absolute Gasteiger partial charge is 0.462 e. The first-order chi connectivity index (χ1) is 30.0. The van der Waals surface area contributed by atoms with E-state index in [1.165, 1.54) is 128 Å². The number of carbonyl (C=O) groups excluding carboxylic acids is 3. The molecule has 0 unspecified atom stereocenters. The van der Waals surface area contributed by atoms with E-state index in [4.69, 9.17) is 14.2 Å². The molecule has 0 fully saturated rings. The van der Waals surface area contributed by atoms with Gasteiger partial charge in [0.05, 0.1) is 0 Å². The van der Waals surface area contributed by atoms with Gasteiger partial charge in [-0.25, -0.2) is 0 Å². The van der Waals surface area contributed by atoms with E-state index in [2.05, 4.69) is 69.4 Å². The lowest BCUT2D eigenvalue weighted by atomic mass is 10.0.